The number of rotatable bonds is 67. The highest BCUT2D eigenvalue weighted by Gasteiger charge is 2.30. The quantitative estimate of drug-likeness (QED) is 0.0222. The zero-order chi connectivity index (χ0) is 65.2. The first-order valence-corrected chi connectivity index (χ1v) is 38.9. The second kappa shape index (κ2) is 60.0. The molecule has 0 radical (unpaired) electrons. The lowest BCUT2D eigenvalue weighted by Crippen LogP contribution is -2.30. The van der Waals surface area contributed by atoms with Crippen molar-refractivity contribution in [2.45, 2.75) is 362 Å². The Bertz CT molecular complexity index is 1730. The van der Waals surface area contributed by atoms with Gasteiger partial charge in [0.2, 0.25) is 0 Å². The molecule has 522 valence electrons. The number of hydrogen-bond donors (Lipinski definition) is 3. The fraction of sp³-hybridized carbons (Fsp3) is 0.942. The molecule has 88 heavy (non-hydrogen) atoms. The number of phosphoric ester groups is 2. The Hall–Kier alpha value is -1.94. The molecule has 0 rings (SSSR count). The number of aliphatic hydroxyl groups excluding tert-OH is 1. The summed E-state index contributed by atoms with van der Waals surface area (Å²) in [6.07, 6.45) is 43.3. The maximum Gasteiger partial charge on any atom is 0.472 e. The summed E-state index contributed by atoms with van der Waals surface area (Å²) in [6, 6.07) is 0. The van der Waals surface area contributed by atoms with E-state index in [2.05, 4.69) is 48.5 Å². The average molecular weight is 1300 g/mol. The van der Waals surface area contributed by atoms with E-state index in [4.69, 9.17) is 37.0 Å². The molecular weight excluding hydrogens is 1160 g/mol. The molecule has 0 aromatic rings. The van der Waals surface area contributed by atoms with Crippen LogP contribution >= 0.6 is 15.6 Å². The van der Waals surface area contributed by atoms with Crippen molar-refractivity contribution >= 4 is 39.5 Å². The van der Waals surface area contributed by atoms with Gasteiger partial charge in [-0.25, -0.2) is 9.13 Å². The minimum atomic E-state index is -4.95. The molecule has 0 aliphatic carbocycles. The van der Waals surface area contributed by atoms with Crippen LogP contribution in [0.5, 0.6) is 0 Å². The topological polar surface area (TPSA) is 237 Å². The standard InChI is InChI=1S/C69H134O17P2/c1-8-10-11-12-13-22-28-36-43-50-66(71)79-57-65(86-69(74)53-46-39-32-31-35-42-49-62(7)9-2)59-84-88(77,78)82-55-63(70)54-81-87(75,76)83-58-64(56-80-67(72)51-44-37-30-25-27-34-41-48-61(5)6)85-68(73)52-45-38-29-24-21-19-17-15-14-16-18-20-23-26-33-40-47-60(3)4/h60-65,70H,8-59H2,1-7H3,(H,75,76)(H,77,78)/t62?,63-,64-,65-/m1/s1. The molecular formula is C69H134O17P2. The number of unbranched alkanes of at least 4 members (excludes halogenated alkanes) is 34. The smallest absolute Gasteiger partial charge is 0.462 e. The van der Waals surface area contributed by atoms with Crippen LogP contribution < -0.4 is 0 Å². The van der Waals surface area contributed by atoms with Crippen LogP contribution in [0.1, 0.15) is 344 Å². The Morgan fingerprint density at radius 2 is 0.580 bits per heavy atom. The first kappa shape index (κ1) is 86.1. The molecule has 0 spiro atoms. The van der Waals surface area contributed by atoms with Gasteiger partial charge in [-0.3, -0.25) is 37.3 Å². The summed E-state index contributed by atoms with van der Waals surface area (Å²) < 4.78 is 68.1. The minimum absolute atomic E-state index is 0.103. The van der Waals surface area contributed by atoms with Crippen molar-refractivity contribution in [1.82, 2.24) is 0 Å². The van der Waals surface area contributed by atoms with Gasteiger partial charge in [-0.05, 0) is 43.4 Å². The van der Waals surface area contributed by atoms with Crippen molar-refractivity contribution in [3.63, 3.8) is 0 Å². The SMILES string of the molecule is CCCCCCCCCCCC(=O)OC[C@H](COP(=O)(O)OC[C@H](O)COP(=O)(O)OC[C@@H](COC(=O)CCCCCCCCCC(C)C)OC(=O)CCCCCCCCCCCCCCCCCCC(C)C)OC(=O)CCCCCCCCC(C)CC. The molecule has 0 aromatic carbocycles. The Labute approximate surface area is 537 Å². The van der Waals surface area contributed by atoms with E-state index in [9.17, 15) is 43.2 Å². The van der Waals surface area contributed by atoms with Gasteiger partial charge in [0.05, 0.1) is 26.4 Å². The summed E-state index contributed by atoms with van der Waals surface area (Å²) in [7, 11) is -9.89. The summed E-state index contributed by atoms with van der Waals surface area (Å²) in [4.78, 5) is 72.4. The lowest BCUT2D eigenvalue weighted by atomic mass is 10.00. The Kier molecular flexibility index (Phi) is 58.7. The molecule has 3 N–H and O–H groups in total. The lowest BCUT2D eigenvalue weighted by molar-refractivity contribution is -0.161. The first-order valence-electron chi connectivity index (χ1n) is 35.9. The Morgan fingerprint density at radius 1 is 0.330 bits per heavy atom. The zero-order valence-corrected chi connectivity index (χ0v) is 59.0. The molecule has 0 heterocycles. The van der Waals surface area contributed by atoms with E-state index < -0.39 is 97.5 Å². The monoisotopic (exact) mass is 1300 g/mol. The number of aliphatic hydroxyl groups is 1. The summed E-state index contributed by atoms with van der Waals surface area (Å²) >= 11 is 0. The van der Waals surface area contributed by atoms with Crippen molar-refractivity contribution in [3.05, 3.63) is 0 Å². The molecule has 0 bridgehead atoms. The predicted octanol–water partition coefficient (Wildman–Crippen LogP) is 19.5. The third-order valence-electron chi connectivity index (χ3n) is 16.2. The van der Waals surface area contributed by atoms with Gasteiger partial charge in [-0.2, -0.15) is 0 Å². The van der Waals surface area contributed by atoms with E-state index in [0.29, 0.717) is 31.6 Å². The fourth-order valence-corrected chi connectivity index (χ4v) is 11.9. The third-order valence-corrected chi connectivity index (χ3v) is 18.1. The van der Waals surface area contributed by atoms with Gasteiger partial charge in [0.1, 0.15) is 19.3 Å². The maximum atomic E-state index is 13.0. The van der Waals surface area contributed by atoms with Crippen LogP contribution in [0, 0.1) is 17.8 Å². The number of phosphoric acid groups is 2. The van der Waals surface area contributed by atoms with Gasteiger partial charge in [-0.1, -0.05) is 292 Å². The maximum absolute atomic E-state index is 13.0. The van der Waals surface area contributed by atoms with Crippen LogP contribution in [0.25, 0.3) is 0 Å². The van der Waals surface area contributed by atoms with E-state index in [0.717, 1.165) is 108 Å². The summed E-state index contributed by atoms with van der Waals surface area (Å²) in [5.41, 5.74) is 0. The van der Waals surface area contributed by atoms with Crippen LogP contribution in [-0.4, -0.2) is 96.7 Å². The number of carbonyl (C=O) groups excluding carboxylic acids is 4. The molecule has 0 amide bonds. The first-order chi connectivity index (χ1) is 42.3. The van der Waals surface area contributed by atoms with Crippen molar-refractivity contribution in [2.24, 2.45) is 17.8 Å². The van der Waals surface area contributed by atoms with Gasteiger partial charge in [-0.15, -0.1) is 0 Å². The van der Waals surface area contributed by atoms with E-state index >= 15 is 0 Å². The van der Waals surface area contributed by atoms with Crippen molar-refractivity contribution in [2.75, 3.05) is 39.6 Å². The number of ether oxygens (including phenoxy) is 4. The van der Waals surface area contributed by atoms with Crippen molar-refractivity contribution in [1.29, 1.82) is 0 Å². The van der Waals surface area contributed by atoms with Gasteiger partial charge in [0.25, 0.3) is 0 Å². The van der Waals surface area contributed by atoms with Crippen molar-refractivity contribution < 1.29 is 80.2 Å². The largest absolute Gasteiger partial charge is 0.472 e. The molecule has 6 atom stereocenters. The third kappa shape index (κ3) is 61.6. The average Bonchev–Trinajstić information content (AvgIpc) is 3.64. The molecule has 17 nitrogen and oxygen atoms in total. The lowest BCUT2D eigenvalue weighted by Gasteiger charge is -2.21. The predicted molar refractivity (Wildman–Crippen MR) is 354 cm³/mol. The van der Waals surface area contributed by atoms with E-state index in [-0.39, 0.29) is 25.7 Å². The van der Waals surface area contributed by atoms with Gasteiger partial charge >= 0.3 is 39.5 Å². The fourth-order valence-electron chi connectivity index (χ4n) is 10.3. The number of esters is 4. The van der Waals surface area contributed by atoms with Crippen LogP contribution in [0.4, 0.5) is 0 Å². The molecule has 0 saturated heterocycles. The summed E-state index contributed by atoms with van der Waals surface area (Å²) in [5.74, 6) is 0.102. The van der Waals surface area contributed by atoms with Gasteiger partial charge in [0, 0.05) is 25.7 Å². The molecule has 0 fully saturated rings. The second-order valence-electron chi connectivity index (χ2n) is 26.1. The highest BCUT2D eigenvalue weighted by molar-refractivity contribution is 7.47. The number of carbonyl (C=O) groups is 4. The molecule has 0 aliphatic heterocycles. The van der Waals surface area contributed by atoms with Crippen molar-refractivity contribution in [3.8, 4) is 0 Å². The molecule has 0 aromatic heterocycles. The van der Waals surface area contributed by atoms with Crippen LogP contribution in [0.2, 0.25) is 0 Å². The molecule has 3 unspecified atom stereocenters. The number of hydrogen-bond acceptors (Lipinski definition) is 15. The molecule has 0 aliphatic rings. The Balaban J connectivity index is 5.18. The van der Waals surface area contributed by atoms with E-state index in [1.54, 1.807) is 0 Å². The molecule has 19 heteroatoms. The van der Waals surface area contributed by atoms with E-state index in [1.165, 1.54) is 148 Å². The van der Waals surface area contributed by atoms with E-state index in [1.807, 2.05) is 0 Å². The minimum Gasteiger partial charge on any atom is -0.462 e. The van der Waals surface area contributed by atoms with Crippen LogP contribution in [-0.2, 0) is 65.4 Å². The highest BCUT2D eigenvalue weighted by Crippen LogP contribution is 2.45. The second-order valence-corrected chi connectivity index (χ2v) is 29.0. The van der Waals surface area contributed by atoms with Gasteiger partial charge in [0.15, 0.2) is 12.2 Å². The Morgan fingerprint density at radius 3 is 0.864 bits per heavy atom. The van der Waals surface area contributed by atoms with Gasteiger partial charge < -0.3 is 33.8 Å². The van der Waals surface area contributed by atoms with Crippen LogP contribution in [0.15, 0.2) is 0 Å². The highest BCUT2D eigenvalue weighted by atomic mass is 31.2. The normalized spacial score (nSPS) is 14.5. The molecule has 0 saturated carbocycles. The summed E-state index contributed by atoms with van der Waals surface area (Å²) in [6.45, 7) is 11.7. The summed E-state index contributed by atoms with van der Waals surface area (Å²) in [5, 5.41) is 10.6. The van der Waals surface area contributed by atoms with Crippen LogP contribution in [0.3, 0.4) is 0 Å². The zero-order valence-electron chi connectivity index (χ0n) is 57.2.